The van der Waals surface area contributed by atoms with Gasteiger partial charge in [-0.15, -0.1) is 0 Å². The van der Waals surface area contributed by atoms with Gasteiger partial charge in [-0.3, -0.25) is 4.79 Å². The summed E-state index contributed by atoms with van der Waals surface area (Å²) in [7, 11) is 0. The molecule has 0 radical (unpaired) electrons. The predicted molar refractivity (Wildman–Crippen MR) is 44.1 cm³/mol. The molecule has 0 aliphatic carbocycles. The molecule has 0 fully saturated rings. The lowest BCUT2D eigenvalue weighted by molar-refractivity contribution is -0.137. The Kier molecular flexibility index (Phi) is 2.95. The summed E-state index contributed by atoms with van der Waals surface area (Å²) in [6, 6.07) is 1.95. The van der Waals surface area contributed by atoms with Gasteiger partial charge in [0.1, 0.15) is 11.8 Å². The average molecular weight is 235 g/mol. The fourth-order valence-corrected chi connectivity index (χ4v) is 1.01. The van der Waals surface area contributed by atoms with Crippen molar-refractivity contribution >= 4 is 16.8 Å². The third kappa shape index (κ3) is 2.44. The van der Waals surface area contributed by atoms with Crippen molar-refractivity contribution in [2.75, 3.05) is 0 Å². The van der Waals surface area contributed by atoms with Gasteiger partial charge in [0.2, 0.25) is 0 Å². The molecule has 3 nitrogen and oxygen atoms in total. The van der Waals surface area contributed by atoms with Gasteiger partial charge in [0.05, 0.1) is 11.1 Å². The lowest BCUT2D eigenvalue weighted by Gasteiger charge is -2.06. The largest absolute Gasteiger partial charge is 0.417 e. The second-order valence-electron chi connectivity index (χ2n) is 2.50. The number of alkyl halides is 3. The second-order valence-corrected chi connectivity index (χ2v) is 2.85. The molecule has 1 aromatic rings. The van der Waals surface area contributed by atoms with Crippen molar-refractivity contribution < 1.29 is 18.0 Å². The smallest absolute Gasteiger partial charge is 0.274 e. The highest BCUT2D eigenvalue weighted by Gasteiger charge is 2.32. The Labute approximate surface area is 87.1 Å². The first kappa shape index (κ1) is 11.5. The molecule has 0 saturated heterocycles. The molecule has 0 bridgehead atoms. The van der Waals surface area contributed by atoms with E-state index in [1.54, 1.807) is 0 Å². The molecule has 0 N–H and O–H groups in total. The van der Waals surface area contributed by atoms with Crippen molar-refractivity contribution in [1.82, 2.24) is 4.98 Å². The topological polar surface area (TPSA) is 53.8 Å². The summed E-state index contributed by atoms with van der Waals surface area (Å²) in [5.74, 6) is 0. The van der Waals surface area contributed by atoms with Crippen LogP contribution >= 0.6 is 11.6 Å². The molecule has 0 aliphatic heterocycles. The quantitative estimate of drug-likeness (QED) is 0.701. The van der Waals surface area contributed by atoms with Gasteiger partial charge in [-0.2, -0.15) is 18.4 Å². The summed E-state index contributed by atoms with van der Waals surface area (Å²) in [6.07, 6.45) is -4.15. The van der Waals surface area contributed by atoms with E-state index in [0.717, 1.165) is 0 Å². The van der Waals surface area contributed by atoms with Crippen LogP contribution in [0.25, 0.3) is 0 Å². The summed E-state index contributed by atoms with van der Waals surface area (Å²) in [6.45, 7) is 0. The van der Waals surface area contributed by atoms with Crippen LogP contribution in [0.4, 0.5) is 13.2 Å². The summed E-state index contributed by atoms with van der Waals surface area (Å²) < 4.78 is 36.5. The number of nitrogens with zero attached hydrogens (tertiary/aromatic N) is 2. The molecule has 78 valence electrons. The van der Waals surface area contributed by atoms with E-state index < -0.39 is 28.2 Å². The van der Waals surface area contributed by atoms with E-state index in [4.69, 9.17) is 16.9 Å². The normalized spacial score (nSPS) is 10.9. The molecule has 0 saturated carbocycles. The molecule has 7 heteroatoms. The number of hydrogen-bond acceptors (Lipinski definition) is 3. The van der Waals surface area contributed by atoms with E-state index in [9.17, 15) is 18.0 Å². The van der Waals surface area contributed by atoms with Gasteiger partial charge in [0, 0.05) is 6.20 Å². The third-order valence-corrected chi connectivity index (χ3v) is 1.70. The van der Waals surface area contributed by atoms with Crippen LogP contribution < -0.4 is 0 Å². The lowest BCUT2D eigenvalue weighted by atomic mass is 10.1. The Hall–Kier alpha value is -1.61. The highest BCUT2D eigenvalue weighted by Crippen LogP contribution is 2.29. The maximum atomic E-state index is 12.2. The minimum Gasteiger partial charge on any atom is -0.274 e. The minimum atomic E-state index is -4.60. The SMILES string of the molecule is N#Cc1cc(C(F)(F)F)cnc1C(=O)Cl. The first-order valence-corrected chi connectivity index (χ1v) is 3.91. The Balaban J connectivity index is 3.34. The van der Waals surface area contributed by atoms with Crippen LogP contribution in [0.2, 0.25) is 0 Å². The van der Waals surface area contributed by atoms with Crippen molar-refractivity contribution in [3.8, 4) is 6.07 Å². The molecule has 1 heterocycles. The number of nitriles is 1. The van der Waals surface area contributed by atoms with Crippen LogP contribution in [-0.2, 0) is 6.18 Å². The maximum Gasteiger partial charge on any atom is 0.417 e. The molecule has 1 aromatic heterocycles. The number of carbonyl (C=O) groups excluding carboxylic acids is 1. The van der Waals surface area contributed by atoms with Crippen molar-refractivity contribution in [3.05, 3.63) is 29.1 Å². The van der Waals surface area contributed by atoms with E-state index in [0.29, 0.717) is 12.3 Å². The molecule has 0 atom stereocenters. The molecular weight excluding hydrogens is 233 g/mol. The maximum absolute atomic E-state index is 12.2. The Morgan fingerprint density at radius 2 is 2.13 bits per heavy atom. The monoisotopic (exact) mass is 234 g/mol. The molecule has 1 rings (SSSR count). The average Bonchev–Trinajstić information content (AvgIpc) is 2.15. The fourth-order valence-electron chi connectivity index (χ4n) is 0.862. The molecule has 0 aromatic carbocycles. The number of carbonyl (C=O) groups is 1. The second kappa shape index (κ2) is 3.87. The zero-order valence-corrected chi connectivity index (χ0v) is 7.73. The third-order valence-electron chi connectivity index (χ3n) is 1.52. The van der Waals surface area contributed by atoms with Crippen molar-refractivity contribution in [2.24, 2.45) is 0 Å². The molecule has 0 spiro atoms. The van der Waals surface area contributed by atoms with Crippen LogP contribution in [0.5, 0.6) is 0 Å². The summed E-state index contributed by atoms with van der Waals surface area (Å²) in [4.78, 5) is 13.8. The van der Waals surface area contributed by atoms with Gasteiger partial charge in [0.15, 0.2) is 0 Å². The zero-order valence-electron chi connectivity index (χ0n) is 6.97. The molecule has 0 aliphatic rings. The van der Waals surface area contributed by atoms with E-state index in [1.807, 2.05) is 0 Å². The first-order valence-electron chi connectivity index (χ1n) is 3.53. The summed E-state index contributed by atoms with van der Waals surface area (Å²) >= 11 is 5.02. The summed E-state index contributed by atoms with van der Waals surface area (Å²) in [5, 5.41) is 7.42. The number of halogens is 4. The molecular formula is C8H2ClF3N2O. The van der Waals surface area contributed by atoms with Gasteiger partial charge < -0.3 is 0 Å². The lowest BCUT2D eigenvalue weighted by Crippen LogP contribution is -2.08. The zero-order chi connectivity index (χ0) is 11.6. The highest BCUT2D eigenvalue weighted by atomic mass is 35.5. The van der Waals surface area contributed by atoms with Gasteiger partial charge in [0.25, 0.3) is 5.24 Å². The minimum absolute atomic E-state index is 0.455. The Morgan fingerprint density at radius 3 is 2.53 bits per heavy atom. The van der Waals surface area contributed by atoms with Crippen LogP contribution in [0.15, 0.2) is 12.3 Å². The van der Waals surface area contributed by atoms with Gasteiger partial charge >= 0.3 is 6.18 Å². The number of hydrogen-bond donors (Lipinski definition) is 0. The molecule has 0 amide bonds. The molecule has 15 heavy (non-hydrogen) atoms. The number of pyridine rings is 1. The van der Waals surface area contributed by atoms with E-state index in [1.165, 1.54) is 6.07 Å². The highest BCUT2D eigenvalue weighted by molar-refractivity contribution is 6.67. The van der Waals surface area contributed by atoms with Crippen molar-refractivity contribution in [3.63, 3.8) is 0 Å². The van der Waals surface area contributed by atoms with Crippen molar-refractivity contribution in [1.29, 1.82) is 5.26 Å². The van der Waals surface area contributed by atoms with E-state index >= 15 is 0 Å². The first-order chi connectivity index (χ1) is 6.86. The van der Waals surface area contributed by atoms with Crippen LogP contribution in [0.3, 0.4) is 0 Å². The fraction of sp³-hybridized carbons (Fsp3) is 0.125. The van der Waals surface area contributed by atoms with Gasteiger partial charge in [-0.25, -0.2) is 4.98 Å². The number of aromatic nitrogens is 1. The van der Waals surface area contributed by atoms with Gasteiger partial charge in [-0.1, -0.05) is 0 Å². The van der Waals surface area contributed by atoms with Crippen LogP contribution in [0, 0.1) is 11.3 Å². The van der Waals surface area contributed by atoms with Crippen LogP contribution in [0.1, 0.15) is 21.6 Å². The van der Waals surface area contributed by atoms with Crippen molar-refractivity contribution in [2.45, 2.75) is 6.18 Å². The van der Waals surface area contributed by atoms with Crippen LogP contribution in [-0.4, -0.2) is 10.2 Å². The number of rotatable bonds is 1. The summed E-state index contributed by atoms with van der Waals surface area (Å²) in [5.41, 5.74) is -2.07. The van der Waals surface area contributed by atoms with E-state index in [-0.39, 0.29) is 0 Å². The predicted octanol–water partition coefficient (Wildman–Crippen LogP) is 2.35. The van der Waals surface area contributed by atoms with Gasteiger partial charge in [-0.05, 0) is 17.7 Å². The standard InChI is InChI=1S/C8H2ClF3N2O/c9-7(15)6-4(2-13)1-5(3-14-6)8(10,11)12/h1,3H. The Morgan fingerprint density at radius 1 is 1.53 bits per heavy atom. The molecule has 0 unspecified atom stereocenters. The Bertz CT molecular complexity index is 450. The van der Waals surface area contributed by atoms with E-state index in [2.05, 4.69) is 4.98 Å².